The third-order valence-electron chi connectivity index (χ3n) is 0.500. The molecule has 0 aromatic rings. The summed E-state index contributed by atoms with van der Waals surface area (Å²) in [6, 6.07) is 0. The molecular formula is C4H20Al2O2. The first-order valence-electron chi connectivity index (χ1n) is 1.91. The largest absolute Gasteiger partial charge is 0.412 e. The van der Waals surface area contributed by atoms with Gasteiger partial charge in [-0.05, 0) is 0 Å². The Labute approximate surface area is 72.5 Å². The van der Waals surface area contributed by atoms with E-state index in [1.807, 2.05) is 0 Å². The molecule has 4 N–H and O–H groups in total. The van der Waals surface area contributed by atoms with Crippen LogP contribution in [0.4, 0.5) is 0 Å². The summed E-state index contributed by atoms with van der Waals surface area (Å²) in [4.78, 5) is 0. The Balaban J connectivity index is -0.00000000750. The topological polar surface area (TPSA) is 63.0 Å². The standard InChI is InChI=1S/C4H10.2Al.2H2O.6H/c1-3-4-2;;;;;;;;;;/h3-4H2,1-2H3;;;2*1H2;;;;;;. The van der Waals surface area contributed by atoms with Crippen molar-refractivity contribution in [2.75, 3.05) is 0 Å². The highest BCUT2D eigenvalue weighted by Gasteiger charge is 1.56. The van der Waals surface area contributed by atoms with Gasteiger partial charge in [-0.15, -0.1) is 0 Å². The quantitative estimate of drug-likeness (QED) is 0.384. The van der Waals surface area contributed by atoms with Crippen molar-refractivity contribution in [3.63, 3.8) is 0 Å². The summed E-state index contributed by atoms with van der Waals surface area (Å²) in [5.41, 5.74) is 0. The molecule has 0 rings (SSSR count). The van der Waals surface area contributed by atoms with Crippen molar-refractivity contribution in [3.8, 4) is 0 Å². The van der Waals surface area contributed by atoms with Gasteiger partial charge in [0.2, 0.25) is 0 Å². The molecule has 0 aromatic carbocycles. The average Bonchev–Trinajstić information content (AvgIpc) is 1.37. The third kappa shape index (κ3) is 63.5. The first-order chi connectivity index (χ1) is 1.91. The van der Waals surface area contributed by atoms with Crippen molar-refractivity contribution >= 4 is 34.7 Å². The van der Waals surface area contributed by atoms with Crippen LogP contribution in [0, 0.1) is 0 Å². The Bertz CT molecular complexity index is 14.0. The minimum atomic E-state index is 0. The maximum Gasteiger partial charge on any atom is 0.187 e. The van der Waals surface area contributed by atoms with Gasteiger partial charge in [0.1, 0.15) is 0 Å². The summed E-state index contributed by atoms with van der Waals surface area (Å²) in [7, 11) is 0. The van der Waals surface area contributed by atoms with Crippen LogP contribution in [-0.2, 0) is 0 Å². The van der Waals surface area contributed by atoms with Gasteiger partial charge in [-0.1, -0.05) is 26.7 Å². The van der Waals surface area contributed by atoms with Crippen molar-refractivity contribution in [3.05, 3.63) is 0 Å². The Morgan fingerprint density at radius 1 is 0.750 bits per heavy atom. The van der Waals surface area contributed by atoms with Crippen molar-refractivity contribution in [2.45, 2.75) is 26.7 Å². The molecule has 0 aliphatic rings. The smallest absolute Gasteiger partial charge is 0.187 e. The van der Waals surface area contributed by atoms with E-state index in [0.29, 0.717) is 0 Å². The number of hydrogen-bond acceptors (Lipinski definition) is 0. The van der Waals surface area contributed by atoms with Crippen LogP contribution in [0.2, 0.25) is 0 Å². The van der Waals surface area contributed by atoms with E-state index in [2.05, 4.69) is 13.8 Å². The maximum atomic E-state index is 2.18. The minimum absolute atomic E-state index is 0. The molecule has 0 atom stereocenters. The Morgan fingerprint density at radius 3 is 0.875 bits per heavy atom. The summed E-state index contributed by atoms with van der Waals surface area (Å²) >= 11 is 0. The Kier molecular flexibility index (Phi) is 197. The molecule has 8 heavy (non-hydrogen) atoms. The van der Waals surface area contributed by atoms with E-state index >= 15 is 0 Å². The lowest BCUT2D eigenvalue weighted by Crippen LogP contribution is -1.47. The molecule has 0 unspecified atom stereocenters. The fourth-order valence-corrected chi connectivity index (χ4v) is 0. The molecule has 0 aromatic heterocycles. The van der Waals surface area contributed by atoms with E-state index < -0.39 is 0 Å². The molecule has 0 spiro atoms. The zero-order chi connectivity index (χ0) is 3.41. The molecule has 2 nitrogen and oxygen atoms in total. The second-order valence-corrected chi connectivity index (χ2v) is 1.000. The van der Waals surface area contributed by atoms with Crippen LogP contribution in [-0.4, -0.2) is 45.7 Å². The second kappa shape index (κ2) is 43.7. The van der Waals surface area contributed by atoms with Crippen LogP contribution < -0.4 is 0 Å². The summed E-state index contributed by atoms with van der Waals surface area (Å²) in [6.07, 6.45) is 2.64. The predicted molar refractivity (Wildman–Crippen MR) is 47.7 cm³/mol. The molecule has 0 heterocycles. The van der Waals surface area contributed by atoms with E-state index in [1.165, 1.54) is 12.8 Å². The Morgan fingerprint density at radius 2 is 0.875 bits per heavy atom. The van der Waals surface area contributed by atoms with E-state index in [-0.39, 0.29) is 45.7 Å². The fourth-order valence-electron chi connectivity index (χ4n) is 0. The molecule has 0 aliphatic heterocycles. The third-order valence-corrected chi connectivity index (χ3v) is 0.500. The maximum absolute atomic E-state index is 2.18. The highest BCUT2D eigenvalue weighted by molar-refractivity contribution is 5.76. The van der Waals surface area contributed by atoms with Gasteiger partial charge in [0, 0.05) is 0 Å². The van der Waals surface area contributed by atoms with Crippen molar-refractivity contribution in [1.29, 1.82) is 0 Å². The van der Waals surface area contributed by atoms with Crippen molar-refractivity contribution in [2.24, 2.45) is 0 Å². The predicted octanol–water partition coefficient (Wildman–Crippen LogP) is -2.21. The summed E-state index contributed by atoms with van der Waals surface area (Å²) in [5, 5.41) is 0. The van der Waals surface area contributed by atoms with Crippen LogP contribution in [0.3, 0.4) is 0 Å². The first kappa shape index (κ1) is 36.1. The van der Waals surface area contributed by atoms with E-state index in [0.717, 1.165) is 0 Å². The molecule has 0 bridgehead atoms. The van der Waals surface area contributed by atoms with Crippen LogP contribution in [0.15, 0.2) is 0 Å². The van der Waals surface area contributed by atoms with Crippen LogP contribution in [0.1, 0.15) is 26.7 Å². The summed E-state index contributed by atoms with van der Waals surface area (Å²) in [6.45, 7) is 4.36. The molecular weight excluding hydrogens is 134 g/mol. The second-order valence-electron chi connectivity index (χ2n) is 1.000. The fraction of sp³-hybridized carbons (Fsp3) is 1.00. The molecule has 4 heteroatoms. The van der Waals surface area contributed by atoms with E-state index in [1.54, 1.807) is 0 Å². The monoisotopic (exact) mass is 154 g/mol. The number of hydrogen-bond donors (Lipinski definition) is 0. The van der Waals surface area contributed by atoms with Gasteiger partial charge in [-0.2, -0.15) is 0 Å². The molecule has 0 fully saturated rings. The summed E-state index contributed by atoms with van der Waals surface area (Å²) in [5.74, 6) is 0. The van der Waals surface area contributed by atoms with Crippen molar-refractivity contribution < 1.29 is 11.0 Å². The van der Waals surface area contributed by atoms with E-state index in [9.17, 15) is 0 Å². The van der Waals surface area contributed by atoms with Gasteiger partial charge >= 0.3 is 0 Å². The molecule has 54 valence electrons. The highest BCUT2D eigenvalue weighted by atomic mass is 27.0. The molecule has 0 radical (unpaired) electrons. The average molecular weight is 154 g/mol. The van der Waals surface area contributed by atoms with Gasteiger partial charge < -0.3 is 11.0 Å². The zero-order valence-corrected chi connectivity index (χ0v) is 4.41. The van der Waals surface area contributed by atoms with Gasteiger partial charge in [0.05, 0.1) is 0 Å². The molecule has 0 amide bonds. The summed E-state index contributed by atoms with van der Waals surface area (Å²) < 4.78 is 0. The number of unbranched alkanes of at least 4 members (excludes halogenated alkanes) is 1. The van der Waals surface area contributed by atoms with Crippen molar-refractivity contribution in [1.82, 2.24) is 0 Å². The SMILES string of the molecule is CCCC.O.O.[AlH3].[AlH3]. The normalized spacial score (nSPS) is 3.75. The molecule has 0 aliphatic carbocycles. The Hall–Kier alpha value is 0.985. The van der Waals surface area contributed by atoms with E-state index in [4.69, 9.17) is 0 Å². The lowest BCUT2D eigenvalue weighted by Gasteiger charge is -1.68. The van der Waals surface area contributed by atoms with Crippen LogP contribution in [0.25, 0.3) is 0 Å². The van der Waals surface area contributed by atoms with Crippen LogP contribution in [0.5, 0.6) is 0 Å². The van der Waals surface area contributed by atoms with Gasteiger partial charge in [0.15, 0.2) is 34.7 Å². The van der Waals surface area contributed by atoms with Gasteiger partial charge in [-0.3, -0.25) is 0 Å². The lowest BCUT2D eigenvalue weighted by atomic mass is 10.4. The van der Waals surface area contributed by atoms with Crippen LogP contribution >= 0.6 is 0 Å². The zero-order valence-electron chi connectivity index (χ0n) is 4.41. The van der Waals surface area contributed by atoms with Gasteiger partial charge in [0.25, 0.3) is 0 Å². The van der Waals surface area contributed by atoms with Gasteiger partial charge in [-0.25, -0.2) is 0 Å². The first-order valence-corrected chi connectivity index (χ1v) is 1.91. The lowest BCUT2D eigenvalue weighted by molar-refractivity contribution is 0.823. The highest BCUT2D eigenvalue weighted by Crippen LogP contribution is 1.76. The number of rotatable bonds is 1. The minimum Gasteiger partial charge on any atom is -0.412 e. The molecule has 0 saturated carbocycles. The molecule has 0 saturated heterocycles.